The fourth-order valence-electron chi connectivity index (χ4n) is 2.72. The van der Waals surface area contributed by atoms with E-state index in [1.54, 1.807) is 0 Å². The van der Waals surface area contributed by atoms with Gasteiger partial charge in [-0.15, -0.1) is 0 Å². The van der Waals surface area contributed by atoms with Crippen molar-refractivity contribution in [1.29, 1.82) is 0 Å². The van der Waals surface area contributed by atoms with Gasteiger partial charge in [0.15, 0.2) is 0 Å². The molecule has 1 fully saturated rings. The van der Waals surface area contributed by atoms with E-state index in [2.05, 4.69) is 46.0 Å². The molecule has 1 aromatic rings. The third-order valence-electron chi connectivity index (χ3n) is 3.58. The predicted molar refractivity (Wildman–Crippen MR) is 66.0 cm³/mol. The standard InChI is InChI=1S/C13H16BrN/c1-9-7-15(11-5-6-11)8-10-3-2-4-12(14)13(9)10/h2-4,9,11H,5-8H2,1H3. The molecule has 1 aliphatic carbocycles. The molecule has 0 aromatic heterocycles. The average Bonchev–Trinajstić information content (AvgIpc) is 3.00. The van der Waals surface area contributed by atoms with Crippen molar-refractivity contribution in [3.63, 3.8) is 0 Å². The quantitative estimate of drug-likeness (QED) is 0.751. The van der Waals surface area contributed by atoms with E-state index in [1.165, 1.54) is 35.0 Å². The lowest BCUT2D eigenvalue weighted by atomic mass is 9.91. The van der Waals surface area contributed by atoms with Crippen LogP contribution in [0.25, 0.3) is 0 Å². The zero-order chi connectivity index (χ0) is 10.4. The van der Waals surface area contributed by atoms with Crippen LogP contribution in [0.1, 0.15) is 36.8 Å². The van der Waals surface area contributed by atoms with Gasteiger partial charge < -0.3 is 0 Å². The second-order valence-corrected chi connectivity index (χ2v) is 5.73. The molecule has 15 heavy (non-hydrogen) atoms. The smallest absolute Gasteiger partial charge is 0.0240 e. The Kier molecular flexibility index (Phi) is 2.37. The minimum Gasteiger partial charge on any atom is -0.296 e. The highest BCUT2D eigenvalue weighted by atomic mass is 79.9. The Hall–Kier alpha value is -0.340. The molecule has 2 heteroatoms. The summed E-state index contributed by atoms with van der Waals surface area (Å²) in [5.41, 5.74) is 3.06. The van der Waals surface area contributed by atoms with E-state index < -0.39 is 0 Å². The number of rotatable bonds is 1. The Morgan fingerprint density at radius 1 is 1.33 bits per heavy atom. The average molecular weight is 266 g/mol. The number of fused-ring (bicyclic) bond motifs is 1. The molecule has 1 heterocycles. The van der Waals surface area contributed by atoms with Crippen molar-refractivity contribution >= 4 is 15.9 Å². The fourth-order valence-corrected chi connectivity index (χ4v) is 3.51. The van der Waals surface area contributed by atoms with Gasteiger partial charge in [0.25, 0.3) is 0 Å². The van der Waals surface area contributed by atoms with Crippen LogP contribution < -0.4 is 0 Å². The van der Waals surface area contributed by atoms with E-state index >= 15 is 0 Å². The summed E-state index contributed by atoms with van der Waals surface area (Å²) in [6, 6.07) is 7.50. The molecule has 80 valence electrons. The van der Waals surface area contributed by atoms with Crippen LogP contribution in [0.2, 0.25) is 0 Å². The lowest BCUT2D eigenvalue weighted by Gasteiger charge is -2.33. The summed E-state index contributed by atoms with van der Waals surface area (Å²) in [4.78, 5) is 2.65. The molecule has 0 bridgehead atoms. The highest BCUT2D eigenvalue weighted by molar-refractivity contribution is 9.10. The van der Waals surface area contributed by atoms with Crippen LogP contribution in [0, 0.1) is 0 Å². The van der Waals surface area contributed by atoms with Crippen LogP contribution in [0.15, 0.2) is 22.7 Å². The van der Waals surface area contributed by atoms with Crippen molar-refractivity contribution in [2.75, 3.05) is 6.54 Å². The van der Waals surface area contributed by atoms with Crippen molar-refractivity contribution in [1.82, 2.24) is 4.90 Å². The van der Waals surface area contributed by atoms with E-state index in [4.69, 9.17) is 0 Å². The van der Waals surface area contributed by atoms with E-state index in [1.807, 2.05) is 0 Å². The second kappa shape index (κ2) is 3.60. The summed E-state index contributed by atoms with van der Waals surface area (Å²) < 4.78 is 1.29. The SMILES string of the molecule is CC1CN(C2CC2)Cc2cccc(Br)c21. The Morgan fingerprint density at radius 3 is 2.87 bits per heavy atom. The normalized spacial score (nSPS) is 26.4. The van der Waals surface area contributed by atoms with Crippen molar-refractivity contribution in [3.05, 3.63) is 33.8 Å². The zero-order valence-electron chi connectivity index (χ0n) is 9.04. The summed E-state index contributed by atoms with van der Waals surface area (Å²) in [5.74, 6) is 0.671. The fraction of sp³-hybridized carbons (Fsp3) is 0.538. The van der Waals surface area contributed by atoms with Gasteiger partial charge >= 0.3 is 0 Å². The first-order valence-electron chi connectivity index (χ1n) is 5.77. The van der Waals surface area contributed by atoms with E-state index in [9.17, 15) is 0 Å². The van der Waals surface area contributed by atoms with Crippen LogP contribution in [0.3, 0.4) is 0 Å². The first-order chi connectivity index (χ1) is 7.25. The largest absolute Gasteiger partial charge is 0.296 e. The maximum absolute atomic E-state index is 3.68. The molecule has 0 amide bonds. The highest BCUT2D eigenvalue weighted by Gasteiger charge is 2.33. The Labute approximate surface area is 99.6 Å². The third-order valence-corrected chi connectivity index (χ3v) is 4.27. The van der Waals surface area contributed by atoms with Gasteiger partial charge in [0.05, 0.1) is 0 Å². The van der Waals surface area contributed by atoms with Crippen molar-refractivity contribution in [2.24, 2.45) is 0 Å². The molecule has 0 radical (unpaired) electrons. The van der Waals surface area contributed by atoms with E-state index in [-0.39, 0.29) is 0 Å². The lowest BCUT2D eigenvalue weighted by molar-refractivity contribution is 0.224. The van der Waals surface area contributed by atoms with Gasteiger partial charge in [-0.05, 0) is 36.0 Å². The van der Waals surface area contributed by atoms with Crippen LogP contribution in [0.4, 0.5) is 0 Å². The maximum Gasteiger partial charge on any atom is 0.0240 e. The van der Waals surface area contributed by atoms with Gasteiger partial charge in [-0.3, -0.25) is 4.90 Å². The van der Waals surface area contributed by atoms with Crippen LogP contribution in [0.5, 0.6) is 0 Å². The molecular formula is C13H16BrN. The van der Waals surface area contributed by atoms with Crippen molar-refractivity contribution in [3.8, 4) is 0 Å². The number of hydrogen-bond acceptors (Lipinski definition) is 1. The van der Waals surface area contributed by atoms with Gasteiger partial charge in [-0.25, -0.2) is 0 Å². The number of hydrogen-bond donors (Lipinski definition) is 0. The van der Waals surface area contributed by atoms with Crippen LogP contribution >= 0.6 is 15.9 Å². The molecule has 1 nitrogen and oxygen atoms in total. The first kappa shape index (κ1) is 9.86. The molecule has 0 N–H and O–H groups in total. The predicted octanol–water partition coefficient (Wildman–Crippen LogP) is 3.53. The third kappa shape index (κ3) is 1.74. The van der Waals surface area contributed by atoms with E-state index in [0.29, 0.717) is 5.92 Å². The molecule has 0 saturated heterocycles. The Balaban J connectivity index is 1.96. The number of nitrogens with zero attached hydrogens (tertiary/aromatic N) is 1. The van der Waals surface area contributed by atoms with Gasteiger partial charge in [0.2, 0.25) is 0 Å². The molecule has 1 aliphatic heterocycles. The highest BCUT2D eigenvalue weighted by Crippen LogP contribution is 2.38. The summed E-state index contributed by atoms with van der Waals surface area (Å²) in [7, 11) is 0. The van der Waals surface area contributed by atoms with Gasteiger partial charge in [-0.2, -0.15) is 0 Å². The minimum atomic E-state index is 0.671. The molecule has 2 aliphatic rings. The summed E-state index contributed by atoms with van der Waals surface area (Å²) in [6.45, 7) is 4.74. The second-order valence-electron chi connectivity index (χ2n) is 4.87. The molecular weight excluding hydrogens is 250 g/mol. The molecule has 1 saturated carbocycles. The molecule has 1 atom stereocenters. The van der Waals surface area contributed by atoms with Crippen LogP contribution in [-0.4, -0.2) is 17.5 Å². The summed E-state index contributed by atoms with van der Waals surface area (Å²) in [5, 5.41) is 0. The van der Waals surface area contributed by atoms with Crippen LogP contribution in [-0.2, 0) is 6.54 Å². The maximum atomic E-state index is 3.68. The van der Waals surface area contributed by atoms with Crippen molar-refractivity contribution < 1.29 is 0 Å². The Morgan fingerprint density at radius 2 is 2.13 bits per heavy atom. The van der Waals surface area contributed by atoms with Gasteiger partial charge in [0.1, 0.15) is 0 Å². The minimum absolute atomic E-state index is 0.671. The zero-order valence-corrected chi connectivity index (χ0v) is 10.6. The molecule has 0 spiro atoms. The topological polar surface area (TPSA) is 3.24 Å². The molecule has 1 aromatic carbocycles. The molecule has 3 rings (SSSR count). The summed E-state index contributed by atoms with van der Waals surface area (Å²) >= 11 is 3.68. The van der Waals surface area contributed by atoms with Gasteiger partial charge in [0, 0.05) is 23.6 Å². The molecule has 1 unspecified atom stereocenters. The first-order valence-corrected chi connectivity index (χ1v) is 6.56. The van der Waals surface area contributed by atoms with E-state index in [0.717, 1.165) is 12.6 Å². The monoisotopic (exact) mass is 265 g/mol. The summed E-state index contributed by atoms with van der Waals surface area (Å²) in [6.07, 6.45) is 2.83. The Bertz CT molecular complexity index is 384. The van der Waals surface area contributed by atoms with Gasteiger partial charge in [-0.1, -0.05) is 35.0 Å². The van der Waals surface area contributed by atoms with Crippen molar-refractivity contribution in [2.45, 2.75) is 38.3 Å². The lowest BCUT2D eigenvalue weighted by Crippen LogP contribution is -2.34. The number of benzene rings is 1. The number of halogens is 1.